The maximum Gasteiger partial charge on any atom is 0.353 e. The number of benzene rings is 1. The summed E-state index contributed by atoms with van der Waals surface area (Å²) in [7, 11) is 1.21. The first-order chi connectivity index (χ1) is 11.5. The normalized spacial score (nSPS) is 17.8. The molecule has 0 amide bonds. The van der Waals surface area contributed by atoms with Crippen LogP contribution < -0.4 is 0 Å². The third-order valence-electron chi connectivity index (χ3n) is 4.06. The molecule has 1 aliphatic heterocycles. The van der Waals surface area contributed by atoms with E-state index in [0.717, 1.165) is 11.8 Å². The first-order valence-corrected chi connectivity index (χ1v) is 7.49. The number of hydrogen-bond acceptors (Lipinski definition) is 4. The quantitative estimate of drug-likeness (QED) is 0.787. The highest BCUT2D eigenvalue weighted by atomic mass is 19.2. The van der Waals surface area contributed by atoms with Crippen molar-refractivity contribution in [1.82, 2.24) is 4.57 Å². The van der Waals surface area contributed by atoms with Gasteiger partial charge in [-0.2, -0.15) is 0 Å². The van der Waals surface area contributed by atoms with Crippen LogP contribution in [0.5, 0.6) is 0 Å². The van der Waals surface area contributed by atoms with E-state index < -0.39 is 35.1 Å². The first-order valence-electron chi connectivity index (χ1n) is 7.49. The van der Waals surface area contributed by atoms with Crippen molar-refractivity contribution in [3.05, 3.63) is 59.4 Å². The number of carbonyl (C=O) groups excluding carboxylic acids is 1. The van der Waals surface area contributed by atoms with Gasteiger partial charge < -0.3 is 18.8 Å². The largest absolute Gasteiger partial charge is 0.353 e. The van der Waals surface area contributed by atoms with E-state index in [1.54, 1.807) is 6.92 Å². The number of ether oxygens (including phenoxy) is 3. The van der Waals surface area contributed by atoms with Crippen molar-refractivity contribution in [1.29, 1.82) is 0 Å². The molecule has 5 nitrogen and oxygen atoms in total. The lowest BCUT2D eigenvalue weighted by atomic mass is 10.1. The van der Waals surface area contributed by atoms with E-state index in [2.05, 4.69) is 0 Å². The van der Waals surface area contributed by atoms with Gasteiger partial charge >= 0.3 is 5.97 Å². The molecule has 2 heterocycles. The number of halogens is 2. The minimum Gasteiger partial charge on any atom is -0.332 e. The molecule has 0 saturated carbocycles. The summed E-state index contributed by atoms with van der Waals surface area (Å²) in [6, 6.07) is 8.60. The van der Waals surface area contributed by atoms with Crippen LogP contribution in [0.3, 0.4) is 0 Å². The smallest absolute Gasteiger partial charge is 0.332 e. The molecule has 128 valence electrons. The van der Waals surface area contributed by atoms with Gasteiger partial charge in [-0.1, -0.05) is 30.3 Å². The fourth-order valence-electron chi connectivity index (χ4n) is 2.76. The molecular weight excluding hydrogens is 320 g/mol. The van der Waals surface area contributed by atoms with Crippen molar-refractivity contribution in [2.24, 2.45) is 0 Å². The lowest BCUT2D eigenvalue weighted by Crippen LogP contribution is -2.43. The van der Waals surface area contributed by atoms with E-state index >= 15 is 0 Å². The molecule has 7 heteroatoms. The number of methoxy groups -OCH3 is 1. The second kappa shape index (κ2) is 6.43. The van der Waals surface area contributed by atoms with Gasteiger partial charge in [0, 0.05) is 13.3 Å². The summed E-state index contributed by atoms with van der Waals surface area (Å²) in [6.45, 7) is 1.98. The zero-order valence-electron chi connectivity index (χ0n) is 13.3. The van der Waals surface area contributed by atoms with Crippen LogP contribution >= 0.6 is 0 Å². The van der Waals surface area contributed by atoms with Gasteiger partial charge in [0.1, 0.15) is 5.69 Å². The molecule has 0 radical (unpaired) electrons. The van der Waals surface area contributed by atoms with Gasteiger partial charge in [-0.05, 0) is 12.5 Å². The standard InChI is InChI=1S/C17H17F2NO4/c1-11(12-6-4-3-5-7-12)20-10-13(18)14(19)15(20)16(21)17(22-2)23-8-9-24-17/h3-7,10-11H,8-9H2,1-2H3/t11-/m1/s1. The van der Waals surface area contributed by atoms with Crippen molar-refractivity contribution in [3.8, 4) is 0 Å². The minimum absolute atomic E-state index is 0.124. The van der Waals surface area contributed by atoms with E-state index in [-0.39, 0.29) is 13.2 Å². The van der Waals surface area contributed by atoms with Crippen molar-refractivity contribution < 1.29 is 27.8 Å². The number of rotatable bonds is 5. The molecule has 1 aromatic carbocycles. The third-order valence-corrected chi connectivity index (χ3v) is 4.06. The van der Waals surface area contributed by atoms with Gasteiger partial charge in [-0.25, -0.2) is 8.78 Å². The van der Waals surface area contributed by atoms with E-state index in [1.807, 2.05) is 30.3 Å². The Morgan fingerprint density at radius 3 is 2.46 bits per heavy atom. The molecular formula is C17H17F2NO4. The Balaban J connectivity index is 2.07. The van der Waals surface area contributed by atoms with Gasteiger partial charge in [0.05, 0.1) is 19.3 Å². The van der Waals surface area contributed by atoms with Crippen LogP contribution in [0.4, 0.5) is 8.78 Å². The number of ketones is 1. The number of carbonyl (C=O) groups is 1. The van der Waals surface area contributed by atoms with E-state index in [1.165, 1.54) is 11.7 Å². The molecule has 0 aliphatic carbocycles. The molecule has 0 bridgehead atoms. The van der Waals surface area contributed by atoms with Crippen LogP contribution in [0.2, 0.25) is 0 Å². The van der Waals surface area contributed by atoms with Crippen LogP contribution in [0.15, 0.2) is 36.5 Å². The minimum atomic E-state index is -2.04. The topological polar surface area (TPSA) is 49.7 Å². The van der Waals surface area contributed by atoms with Crippen molar-refractivity contribution in [3.63, 3.8) is 0 Å². The molecule has 1 aliphatic rings. The number of hydrogen-bond donors (Lipinski definition) is 0. The summed E-state index contributed by atoms with van der Waals surface area (Å²) in [4.78, 5) is 12.8. The van der Waals surface area contributed by atoms with Crippen molar-refractivity contribution in [2.75, 3.05) is 20.3 Å². The lowest BCUT2D eigenvalue weighted by Gasteiger charge is -2.25. The van der Waals surface area contributed by atoms with Gasteiger partial charge in [-0.3, -0.25) is 4.79 Å². The Kier molecular flexibility index (Phi) is 4.49. The maximum absolute atomic E-state index is 14.3. The van der Waals surface area contributed by atoms with Crippen LogP contribution in [0.25, 0.3) is 0 Å². The zero-order chi connectivity index (χ0) is 17.3. The Hall–Kier alpha value is -2.09. The number of nitrogens with zero attached hydrogens (tertiary/aromatic N) is 1. The highest BCUT2D eigenvalue weighted by Crippen LogP contribution is 2.31. The molecule has 0 N–H and O–H groups in total. The molecule has 1 fully saturated rings. The molecule has 1 saturated heterocycles. The molecule has 1 atom stereocenters. The lowest BCUT2D eigenvalue weighted by molar-refractivity contribution is -0.278. The summed E-state index contributed by atoms with van der Waals surface area (Å²) in [5.74, 6) is -5.32. The molecule has 3 rings (SSSR count). The first kappa shape index (κ1) is 16.8. The average Bonchev–Trinajstić information content (AvgIpc) is 3.21. The molecule has 1 aromatic heterocycles. The molecule has 24 heavy (non-hydrogen) atoms. The average molecular weight is 337 g/mol. The van der Waals surface area contributed by atoms with Crippen LogP contribution in [0.1, 0.15) is 29.0 Å². The number of aromatic nitrogens is 1. The summed E-state index contributed by atoms with van der Waals surface area (Å²) in [6.07, 6.45) is 0.957. The fourth-order valence-corrected chi connectivity index (χ4v) is 2.76. The Labute approximate surface area is 137 Å². The summed E-state index contributed by atoms with van der Waals surface area (Å²) in [5, 5.41) is 0. The monoisotopic (exact) mass is 337 g/mol. The Morgan fingerprint density at radius 2 is 1.88 bits per heavy atom. The van der Waals surface area contributed by atoms with E-state index in [0.29, 0.717) is 0 Å². The van der Waals surface area contributed by atoms with Gasteiger partial charge in [0.25, 0.3) is 5.78 Å². The predicted octanol–water partition coefficient (Wildman–Crippen LogP) is 2.91. The van der Waals surface area contributed by atoms with Gasteiger partial charge in [0.2, 0.25) is 0 Å². The van der Waals surface area contributed by atoms with Crippen molar-refractivity contribution in [2.45, 2.75) is 18.9 Å². The zero-order valence-corrected chi connectivity index (χ0v) is 13.3. The number of Topliss-reactive ketones (excluding diaryl/α,β-unsaturated/α-hetero) is 1. The Morgan fingerprint density at radius 1 is 1.25 bits per heavy atom. The second-order valence-electron chi connectivity index (χ2n) is 5.42. The van der Waals surface area contributed by atoms with Gasteiger partial charge in [-0.15, -0.1) is 0 Å². The molecule has 2 aromatic rings. The van der Waals surface area contributed by atoms with Gasteiger partial charge in [0.15, 0.2) is 11.6 Å². The Bertz CT molecular complexity index is 739. The van der Waals surface area contributed by atoms with Crippen molar-refractivity contribution >= 4 is 5.78 Å². The molecule has 0 spiro atoms. The highest BCUT2D eigenvalue weighted by molar-refractivity contribution is 5.99. The van der Waals surface area contributed by atoms with E-state index in [9.17, 15) is 13.6 Å². The predicted molar refractivity (Wildman–Crippen MR) is 80.6 cm³/mol. The summed E-state index contributed by atoms with van der Waals surface area (Å²) >= 11 is 0. The van der Waals surface area contributed by atoms with Crippen LogP contribution in [-0.4, -0.2) is 36.6 Å². The SMILES string of the molecule is COC1(C(=O)c2c(F)c(F)cn2[C@H](C)c2ccccc2)OCCO1. The fraction of sp³-hybridized carbons (Fsp3) is 0.353. The van der Waals surface area contributed by atoms with Crippen LogP contribution in [0, 0.1) is 11.6 Å². The van der Waals surface area contributed by atoms with Crippen LogP contribution in [-0.2, 0) is 14.2 Å². The summed E-state index contributed by atoms with van der Waals surface area (Å²) in [5.41, 5.74) is 0.314. The molecule has 0 unspecified atom stereocenters. The maximum atomic E-state index is 14.3. The van der Waals surface area contributed by atoms with E-state index in [4.69, 9.17) is 14.2 Å². The highest BCUT2D eigenvalue weighted by Gasteiger charge is 2.49. The third kappa shape index (κ3) is 2.64. The second-order valence-corrected chi connectivity index (χ2v) is 5.42. The summed E-state index contributed by atoms with van der Waals surface area (Å²) < 4.78 is 44.9.